The summed E-state index contributed by atoms with van der Waals surface area (Å²) in [5.41, 5.74) is -2.11. The van der Waals surface area contributed by atoms with E-state index >= 15 is 0 Å². The van der Waals surface area contributed by atoms with E-state index in [4.69, 9.17) is 4.74 Å². The lowest BCUT2D eigenvalue weighted by atomic mass is 10.2. The van der Waals surface area contributed by atoms with Crippen LogP contribution in [0.15, 0.2) is 59.7 Å². The molecule has 1 fully saturated rings. The average Bonchev–Trinajstić information content (AvgIpc) is 3.59. The third-order valence-electron chi connectivity index (χ3n) is 5.30. The summed E-state index contributed by atoms with van der Waals surface area (Å²) in [6.07, 6.45) is -1.32. The Morgan fingerprint density at radius 1 is 1.14 bits per heavy atom. The van der Waals surface area contributed by atoms with E-state index < -0.39 is 46.2 Å². The number of H-pyrrole nitrogens is 1. The second-order valence-electron chi connectivity index (χ2n) is 7.93. The minimum absolute atomic E-state index is 0.00868. The molecule has 0 saturated heterocycles. The van der Waals surface area contributed by atoms with Gasteiger partial charge >= 0.3 is 6.18 Å². The standard InChI is InChI=1S/C23H19F3N4O5/c24-23(25,26)17-10-15(31)2-4-18(17)35-16-3-1-14(28-12-16)11-29-21(34)22(6-7-22)30-20(33)13-5-8-27-19(32)9-13/h1-5,8-10,12,31H,6-7,11H2,(H,27,32)(H,29,34)(H,30,33). The molecular weight excluding hydrogens is 469 g/mol. The van der Waals surface area contributed by atoms with E-state index in [1.54, 1.807) is 0 Å². The molecule has 0 atom stereocenters. The van der Waals surface area contributed by atoms with Crippen molar-refractivity contribution in [2.45, 2.75) is 31.1 Å². The summed E-state index contributed by atoms with van der Waals surface area (Å²) in [7, 11) is 0. The van der Waals surface area contributed by atoms with Crippen molar-refractivity contribution >= 4 is 11.8 Å². The summed E-state index contributed by atoms with van der Waals surface area (Å²) in [6.45, 7) is 0.00868. The Morgan fingerprint density at radius 2 is 1.91 bits per heavy atom. The molecule has 1 aliphatic carbocycles. The zero-order chi connectivity index (χ0) is 25.2. The van der Waals surface area contributed by atoms with E-state index in [-0.39, 0.29) is 17.9 Å². The molecule has 2 amide bonds. The van der Waals surface area contributed by atoms with Crippen LogP contribution in [0.1, 0.15) is 34.5 Å². The van der Waals surface area contributed by atoms with Gasteiger partial charge in [-0.1, -0.05) is 0 Å². The molecule has 1 aromatic carbocycles. The normalized spacial score (nSPS) is 14.1. The summed E-state index contributed by atoms with van der Waals surface area (Å²) in [5.74, 6) is -1.98. The van der Waals surface area contributed by atoms with Gasteiger partial charge in [0, 0.05) is 17.8 Å². The van der Waals surface area contributed by atoms with Crippen molar-refractivity contribution in [3.05, 3.63) is 82.0 Å². The van der Waals surface area contributed by atoms with E-state index in [9.17, 15) is 32.7 Å². The molecule has 2 aromatic heterocycles. The third kappa shape index (κ3) is 5.60. The number of benzene rings is 1. The van der Waals surface area contributed by atoms with Crippen LogP contribution in [0.3, 0.4) is 0 Å². The van der Waals surface area contributed by atoms with Crippen molar-refractivity contribution in [3.8, 4) is 17.2 Å². The molecule has 35 heavy (non-hydrogen) atoms. The number of phenols is 1. The van der Waals surface area contributed by atoms with Gasteiger partial charge in [-0.05, 0) is 49.2 Å². The number of nitrogens with zero attached hydrogens (tertiary/aromatic N) is 1. The van der Waals surface area contributed by atoms with Gasteiger partial charge in [-0.2, -0.15) is 13.2 Å². The molecule has 0 aliphatic heterocycles. The zero-order valence-corrected chi connectivity index (χ0v) is 18.0. The van der Waals surface area contributed by atoms with Crippen LogP contribution in [0.2, 0.25) is 0 Å². The van der Waals surface area contributed by atoms with Crippen LogP contribution in [0.4, 0.5) is 13.2 Å². The Balaban J connectivity index is 1.35. The Labute approximate surface area is 196 Å². The highest BCUT2D eigenvalue weighted by Crippen LogP contribution is 2.40. The number of alkyl halides is 3. The molecule has 9 nitrogen and oxygen atoms in total. The molecule has 1 aliphatic rings. The van der Waals surface area contributed by atoms with Gasteiger partial charge in [-0.3, -0.25) is 19.4 Å². The number of phenolic OH excluding ortho intramolecular Hbond substituents is 1. The number of halogens is 3. The number of hydrogen-bond acceptors (Lipinski definition) is 6. The summed E-state index contributed by atoms with van der Waals surface area (Å²) >= 11 is 0. The van der Waals surface area contributed by atoms with Gasteiger partial charge in [0.2, 0.25) is 11.5 Å². The minimum atomic E-state index is -4.73. The molecule has 12 heteroatoms. The van der Waals surface area contributed by atoms with Crippen LogP contribution in [-0.2, 0) is 17.5 Å². The largest absolute Gasteiger partial charge is 0.508 e. The SMILES string of the molecule is O=C(NC1(C(=O)NCc2ccc(Oc3ccc(O)cc3C(F)(F)F)cn2)CC1)c1cc[nH]c(=O)c1. The molecule has 0 spiro atoms. The fourth-order valence-corrected chi connectivity index (χ4v) is 3.28. The molecule has 3 aromatic rings. The molecule has 0 unspecified atom stereocenters. The lowest BCUT2D eigenvalue weighted by Gasteiger charge is -2.17. The predicted molar refractivity (Wildman–Crippen MR) is 116 cm³/mol. The highest BCUT2D eigenvalue weighted by Gasteiger charge is 2.51. The van der Waals surface area contributed by atoms with Crippen molar-refractivity contribution in [2.24, 2.45) is 0 Å². The highest BCUT2D eigenvalue weighted by atomic mass is 19.4. The van der Waals surface area contributed by atoms with Crippen LogP contribution in [0, 0.1) is 0 Å². The monoisotopic (exact) mass is 488 g/mol. The predicted octanol–water partition coefficient (Wildman–Crippen LogP) is 2.87. The third-order valence-corrected chi connectivity index (χ3v) is 5.30. The Kier molecular flexibility index (Phi) is 6.20. The van der Waals surface area contributed by atoms with Gasteiger partial charge in [0.1, 0.15) is 28.4 Å². The quantitative estimate of drug-likeness (QED) is 0.404. The zero-order valence-electron chi connectivity index (χ0n) is 18.0. The fraction of sp³-hybridized carbons (Fsp3) is 0.217. The first-order valence-corrected chi connectivity index (χ1v) is 10.4. The first kappa shape index (κ1) is 23.8. The Morgan fingerprint density at radius 3 is 2.54 bits per heavy atom. The van der Waals surface area contributed by atoms with Gasteiger partial charge in [0.25, 0.3) is 5.91 Å². The minimum Gasteiger partial charge on any atom is -0.508 e. The van der Waals surface area contributed by atoms with Gasteiger partial charge in [-0.15, -0.1) is 0 Å². The number of carbonyl (C=O) groups excluding carboxylic acids is 2. The van der Waals surface area contributed by atoms with E-state index in [0.717, 1.165) is 18.2 Å². The first-order valence-electron chi connectivity index (χ1n) is 10.4. The maximum Gasteiger partial charge on any atom is 0.420 e. The van der Waals surface area contributed by atoms with Crippen molar-refractivity contribution < 1.29 is 32.6 Å². The molecule has 0 radical (unpaired) electrons. The van der Waals surface area contributed by atoms with E-state index in [1.165, 1.54) is 30.6 Å². The van der Waals surface area contributed by atoms with Crippen LogP contribution in [-0.4, -0.2) is 32.4 Å². The smallest absolute Gasteiger partial charge is 0.420 e. The average molecular weight is 488 g/mol. The van der Waals surface area contributed by atoms with Crippen molar-refractivity contribution in [1.82, 2.24) is 20.6 Å². The lowest BCUT2D eigenvalue weighted by molar-refractivity contribution is -0.138. The van der Waals surface area contributed by atoms with Crippen molar-refractivity contribution in [3.63, 3.8) is 0 Å². The molecule has 1 saturated carbocycles. The second kappa shape index (κ2) is 9.12. The van der Waals surface area contributed by atoms with Gasteiger partial charge < -0.3 is 25.5 Å². The molecule has 2 heterocycles. The molecule has 4 rings (SSSR count). The Bertz CT molecular complexity index is 1320. The van der Waals surface area contributed by atoms with Crippen LogP contribution >= 0.6 is 0 Å². The second-order valence-corrected chi connectivity index (χ2v) is 7.93. The van der Waals surface area contributed by atoms with E-state index in [0.29, 0.717) is 24.6 Å². The summed E-state index contributed by atoms with van der Waals surface area (Å²) < 4.78 is 44.8. The number of pyridine rings is 2. The molecular formula is C23H19F3N4O5. The van der Waals surface area contributed by atoms with Crippen molar-refractivity contribution in [1.29, 1.82) is 0 Å². The maximum atomic E-state index is 13.2. The number of ether oxygens (including phenoxy) is 1. The van der Waals surface area contributed by atoms with Crippen LogP contribution in [0.5, 0.6) is 17.2 Å². The lowest BCUT2D eigenvalue weighted by Crippen LogP contribution is -2.49. The summed E-state index contributed by atoms with van der Waals surface area (Å²) in [4.78, 5) is 42.9. The molecule has 4 N–H and O–H groups in total. The molecule has 0 bridgehead atoms. The number of nitrogens with one attached hydrogen (secondary N) is 3. The summed E-state index contributed by atoms with van der Waals surface area (Å²) in [6, 6.07) is 8.06. The number of hydrogen-bond donors (Lipinski definition) is 4. The van der Waals surface area contributed by atoms with Gasteiger partial charge in [0.05, 0.1) is 18.4 Å². The topological polar surface area (TPSA) is 133 Å². The van der Waals surface area contributed by atoms with Crippen LogP contribution in [0.25, 0.3) is 0 Å². The Hall–Kier alpha value is -4.35. The summed E-state index contributed by atoms with van der Waals surface area (Å²) in [5, 5.41) is 14.7. The number of carbonyl (C=O) groups is 2. The number of aromatic hydroxyl groups is 1. The highest BCUT2D eigenvalue weighted by molar-refractivity contribution is 6.00. The van der Waals surface area contributed by atoms with Crippen molar-refractivity contribution in [2.75, 3.05) is 0 Å². The molecule has 182 valence electrons. The van der Waals surface area contributed by atoms with Crippen LogP contribution < -0.4 is 20.9 Å². The number of rotatable bonds is 7. The fourth-order valence-electron chi connectivity index (χ4n) is 3.28. The number of amides is 2. The van der Waals surface area contributed by atoms with Gasteiger partial charge in [-0.25, -0.2) is 0 Å². The number of aromatic amines is 1. The maximum absolute atomic E-state index is 13.2. The van der Waals surface area contributed by atoms with Gasteiger partial charge in [0.15, 0.2) is 0 Å². The van der Waals surface area contributed by atoms with E-state index in [1.807, 2.05) is 0 Å². The first-order chi connectivity index (χ1) is 16.6. The number of aromatic nitrogens is 2. The van der Waals surface area contributed by atoms with E-state index in [2.05, 4.69) is 20.6 Å².